The fourth-order valence-corrected chi connectivity index (χ4v) is 1.35. The summed E-state index contributed by atoms with van der Waals surface area (Å²) in [7, 11) is 0. The molecule has 0 saturated heterocycles. The van der Waals surface area contributed by atoms with E-state index >= 15 is 0 Å². The molecule has 94 valence electrons. The third-order valence-electron chi connectivity index (χ3n) is 2.48. The van der Waals surface area contributed by atoms with Crippen molar-refractivity contribution in [3.63, 3.8) is 0 Å². The molecule has 0 unspecified atom stereocenters. The van der Waals surface area contributed by atoms with Gasteiger partial charge in [-0.05, 0) is 25.7 Å². The second-order valence-corrected chi connectivity index (χ2v) is 3.89. The molecule has 3 N–H and O–H groups in total. The lowest BCUT2D eigenvalue weighted by Gasteiger charge is -2.25. The van der Waals surface area contributed by atoms with Crippen LogP contribution >= 0.6 is 0 Å². The van der Waals surface area contributed by atoms with Crippen LogP contribution in [0, 0.1) is 0 Å². The number of hydrogen-bond donors (Lipinski definition) is 2. The summed E-state index contributed by atoms with van der Waals surface area (Å²) < 4.78 is 10.9. The molecule has 7 nitrogen and oxygen atoms in total. The Labute approximate surface area is 99.7 Å². The van der Waals surface area contributed by atoms with Gasteiger partial charge in [-0.25, -0.2) is 5.84 Å². The van der Waals surface area contributed by atoms with E-state index in [0.29, 0.717) is 6.61 Å². The van der Waals surface area contributed by atoms with Gasteiger partial charge in [0.2, 0.25) is 5.95 Å². The summed E-state index contributed by atoms with van der Waals surface area (Å²) in [5.74, 6) is 5.53. The first kappa shape index (κ1) is 11.8. The molecular formula is C10H17N5O2. The summed E-state index contributed by atoms with van der Waals surface area (Å²) in [6, 6.07) is 0.507. The van der Waals surface area contributed by atoms with Crippen molar-refractivity contribution >= 4 is 5.95 Å². The van der Waals surface area contributed by atoms with E-state index in [1.165, 1.54) is 6.42 Å². The molecule has 1 aliphatic carbocycles. The molecule has 17 heavy (non-hydrogen) atoms. The van der Waals surface area contributed by atoms with Crippen molar-refractivity contribution in [1.82, 2.24) is 15.0 Å². The van der Waals surface area contributed by atoms with Gasteiger partial charge in [0.1, 0.15) is 6.10 Å². The number of nitrogen functional groups attached to an aromatic ring is 1. The average molecular weight is 239 g/mol. The number of ether oxygens (including phenoxy) is 2. The van der Waals surface area contributed by atoms with E-state index in [1.54, 1.807) is 0 Å². The van der Waals surface area contributed by atoms with Crippen molar-refractivity contribution in [2.75, 3.05) is 12.0 Å². The van der Waals surface area contributed by atoms with Crippen LogP contribution < -0.4 is 20.7 Å². The molecule has 0 amide bonds. The van der Waals surface area contributed by atoms with Crippen molar-refractivity contribution < 1.29 is 9.47 Å². The Bertz CT molecular complexity index is 370. The fourth-order valence-electron chi connectivity index (χ4n) is 1.35. The minimum Gasteiger partial charge on any atom is -0.463 e. The van der Waals surface area contributed by atoms with Crippen molar-refractivity contribution in [3.8, 4) is 12.0 Å². The van der Waals surface area contributed by atoms with Gasteiger partial charge in [-0.1, -0.05) is 6.92 Å². The Hall–Kier alpha value is -1.63. The predicted molar refractivity (Wildman–Crippen MR) is 61.7 cm³/mol. The fraction of sp³-hybridized carbons (Fsp3) is 0.700. The van der Waals surface area contributed by atoms with Gasteiger partial charge in [0.05, 0.1) is 6.61 Å². The minimum atomic E-state index is 0.210. The zero-order valence-electron chi connectivity index (χ0n) is 9.85. The molecule has 0 aromatic carbocycles. The van der Waals surface area contributed by atoms with Crippen LogP contribution in [0.1, 0.15) is 32.6 Å². The van der Waals surface area contributed by atoms with Crippen LogP contribution in [0.25, 0.3) is 0 Å². The molecule has 1 fully saturated rings. The minimum absolute atomic E-state index is 0.210. The maximum atomic E-state index is 5.58. The van der Waals surface area contributed by atoms with Gasteiger partial charge in [-0.2, -0.15) is 9.97 Å². The Morgan fingerprint density at radius 1 is 1.29 bits per heavy atom. The predicted octanol–water partition coefficient (Wildman–Crippen LogP) is 0.877. The number of nitrogens with zero attached hydrogens (tertiary/aromatic N) is 3. The summed E-state index contributed by atoms with van der Waals surface area (Å²) in [4.78, 5) is 12.1. The Balaban J connectivity index is 2.06. The van der Waals surface area contributed by atoms with Crippen LogP contribution in [0.4, 0.5) is 5.95 Å². The molecule has 0 aliphatic heterocycles. The molecule has 1 aliphatic rings. The van der Waals surface area contributed by atoms with E-state index in [2.05, 4.69) is 20.4 Å². The lowest BCUT2D eigenvalue weighted by atomic mass is 9.96. The molecule has 1 heterocycles. The Morgan fingerprint density at radius 3 is 2.65 bits per heavy atom. The first-order chi connectivity index (χ1) is 8.31. The zero-order valence-corrected chi connectivity index (χ0v) is 9.85. The van der Waals surface area contributed by atoms with E-state index in [9.17, 15) is 0 Å². The van der Waals surface area contributed by atoms with Crippen LogP contribution in [0.5, 0.6) is 12.0 Å². The smallest absolute Gasteiger partial charge is 0.324 e. The highest BCUT2D eigenvalue weighted by molar-refractivity contribution is 5.25. The van der Waals surface area contributed by atoms with Crippen LogP contribution in [0.15, 0.2) is 0 Å². The number of hydrazine groups is 1. The van der Waals surface area contributed by atoms with Crippen LogP contribution in [0.3, 0.4) is 0 Å². The topological polar surface area (TPSA) is 95.2 Å². The SMILES string of the molecule is CCCOc1nc(NN)nc(OC2CCC2)n1. The third kappa shape index (κ3) is 3.16. The van der Waals surface area contributed by atoms with Gasteiger partial charge in [-0.15, -0.1) is 4.98 Å². The second-order valence-electron chi connectivity index (χ2n) is 3.89. The highest BCUT2D eigenvalue weighted by Crippen LogP contribution is 2.24. The van der Waals surface area contributed by atoms with E-state index < -0.39 is 0 Å². The molecule has 1 aromatic rings. The normalized spacial score (nSPS) is 15.2. The van der Waals surface area contributed by atoms with Gasteiger partial charge in [-0.3, -0.25) is 5.43 Å². The Morgan fingerprint density at radius 2 is 2.06 bits per heavy atom. The summed E-state index contributed by atoms with van der Waals surface area (Å²) in [5, 5.41) is 0. The van der Waals surface area contributed by atoms with E-state index in [1.807, 2.05) is 6.92 Å². The number of nitrogens with two attached hydrogens (primary N) is 1. The Kier molecular flexibility index (Phi) is 3.92. The average Bonchev–Trinajstić information content (AvgIpc) is 2.31. The molecule has 0 spiro atoms. The number of anilines is 1. The van der Waals surface area contributed by atoms with E-state index in [0.717, 1.165) is 19.3 Å². The third-order valence-corrected chi connectivity index (χ3v) is 2.48. The van der Waals surface area contributed by atoms with Crippen molar-refractivity contribution in [1.29, 1.82) is 0 Å². The zero-order chi connectivity index (χ0) is 12.1. The molecule has 0 bridgehead atoms. The summed E-state index contributed by atoms with van der Waals surface area (Å²) in [6.07, 6.45) is 4.37. The van der Waals surface area contributed by atoms with E-state index in [-0.39, 0.29) is 24.1 Å². The molecule has 1 saturated carbocycles. The van der Waals surface area contributed by atoms with Gasteiger partial charge < -0.3 is 9.47 Å². The summed E-state index contributed by atoms with van der Waals surface area (Å²) in [5.41, 5.74) is 2.37. The molecule has 0 atom stereocenters. The van der Waals surface area contributed by atoms with Crippen molar-refractivity contribution in [2.24, 2.45) is 5.84 Å². The quantitative estimate of drug-likeness (QED) is 0.562. The number of aromatic nitrogens is 3. The maximum absolute atomic E-state index is 5.58. The highest BCUT2D eigenvalue weighted by atomic mass is 16.5. The molecule has 0 radical (unpaired) electrons. The largest absolute Gasteiger partial charge is 0.463 e. The maximum Gasteiger partial charge on any atom is 0.324 e. The molecule has 2 rings (SSSR count). The molecular weight excluding hydrogens is 222 g/mol. The first-order valence-corrected chi connectivity index (χ1v) is 5.84. The standard InChI is InChI=1S/C10H17N5O2/c1-2-6-16-9-12-8(15-11)13-10(14-9)17-7-4-3-5-7/h7H,2-6,11H2,1H3,(H,12,13,14,15). The van der Waals surface area contributed by atoms with Gasteiger partial charge >= 0.3 is 12.0 Å². The van der Waals surface area contributed by atoms with Crippen LogP contribution in [-0.4, -0.2) is 27.7 Å². The number of hydrogen-bond acceptors (Lipinski definition) is 7. The van der Waals surface area contributed by atoms with Crippen LogP contribution in [-0.2, 0) is 0 Å². The van der Waals surface area contributed by atoms with Gasteiger partial charge in [0.15, 0.2) is 0 Å². The van der Waals surface area contributed by atoms with Gasteiger partial charge in [0, 0.05) is 0 Å². The first-order valence-electron chi connectivity index (χ1n) is 5.84. The van der Waals surface area contributed by atoms with Crippen molar-refractivity contribution in [3.05, 3.63) is 0 Å². The van der Waals surface area contributed by atoms with Gasteiger partial charge in [0.25, 0.3) is 0 Å². The molecule has 7 heteroatoms. The van der Waals surface area contributed by atoms with Crippen LogP contribution in [0.2, 0.25) is 0 Å². The van der Waals surface area contributed by atoms with Crippen molar-refractivity contribution in [2.45, 2.75) is 38.7 Å². The summed E-state index contributed by atoms with van der Waals surface area (Å²) >= 11 is 0. The lowest BCUT2D eigenvalue weighted by Crippen LogP contribution is -2.26. The monoisotopic (exact) mass is 239 g/mol. The number of rotatable bonds is 6. The lowest BCUT2D eigenvalue weighted by molar-refractivity contribution is 0.106. The van der Waals surface area contributed by atoms with E-state index in [4.69, 9.17) is 15.3 Å². The number of nitrogens with one attached hydrogen (secondary N) is 1. The second kappa shape index (κ2) is 5.62. The highest BCUT2D eigenvalue weighted by Gasteiger charge is 2.21. The molecule has 1 aromatic heterocycles. The summed E-state index contributed by atoms with van der Waals surface area (Å²) in [6.45, 7) is 2.56.